The van der Waals surface area contributed by atoms with Crippen LogP contribution in [0, 0.1) is 5.92 Å². The van der Waals surface area contributed by atoms with Gasteiger partial charge in [-0.05, 0) is 79.5 Å². The molecule has 0 amide bonds. The second-order valence-corrected chi connectivity index (χ2v) is 7.62. The number of pyridine rings is 1. The largest absolute Gasteiger partial charge is 0.244 e. The molecule has 3 rings (SSSR count). The number of hydrogen-bond acceptors (Lipinski definition) is 1. The van der Waals surface area contributed by atoms with Gasteiger partial charge < -0.3 is 0 Å². The Labute approximate surface area is 151 Å². The summed E-state index contributed by atoms with van der Waals surface area (Å²) in [5.74, 6) is 1.64. The summed E-state index contributed by atoms with van der Waals surface area (Å²) in [6, 6.07) is 13.4. The van der Waals surface area contributed by atoms with Crippen molar-refractivity contribution >= 4 is 11.6 Å². The van der Waals surface area contributed by atoms with Crippen molar-refractivity contribution in [2.75, 3.05) is 0 Å². The van der Waals surface area contributed by atoms with Gasteiger partial charge in [0.05, 0.1) is 0 Å². The number of aromatic nitrogens is 1. The van der Waals surface area contributed by atoms with Gasteiger partial charge in [-0.3, -0.25) is 0 Å². The van der Waals surface area contributed by atoms with Crippen molar-refractivity contribution in [3.05, 3.63) is 64.4 Å². The van der Waals surface area contributed by atoms with E-state index in [1.165, 1.54) is 56.1 Å². The Morgan fingerprint density at radius 1 is 0.917 bits per heavy atom. The molecule has 0 bridgehead atoms. The number of hydrogen-bond donors (Lipinski definition) is 0. The second kappa shape index (κ2) is 8.67. The fraction of sp³-hybridized carbons (Fsp3) is 0.500. The van der Waals surface area contributed by atoms with E-state index in [0.29, 0.717) is 5.15 Å². The highest BCUT2D eigenvalue weighted by Crippen LogP contribution is 2.37. The van der Waals surface area contributed by atoms with Gasteiger partial charge in [0.15, 0.2) is 0 Å². The summed E-state index contributed by atoms with van der Waals surface area (Å²) in [6.07, 6.45) is 12.2. The van der Waals surface area contributed by atoms with Gasteiger partial charge in [-0.1, -0.05) is 55.3 Å². The molecule has 0 spiro atoms. The minimum absolute atomic E-state index is 0.587. The van der Waals surface area contributed by atoms with Gasteiger partial charge in [0.2, 0.25) is 0 Å². The van der Waals surface area contributed by atoms with Crippen LogP contribution in [0.1, 0.15) is 68.1 Å². The highest BCUT2D eigenvalue weighted by atomic mass is 35.5. The molecule has 1 heterocycles. The average molecular weight is 342 g/mol. The van der Waals surface area contributed by atoms with Crippen LogP contribution < -0.4 is 0 Å². The molecule has 0 saturated heterocycles. The summed E-state index contributed by atoms with van der Waals surface area (Å²) in [4.78, 5) is 4.18. The lowest BCUT2D eigenvalue weighted by Gasteiger charge is -2.29. The zero-order chi connectivity index (χ0) is 16.8. The van der Waals surface area contributed by atoms with Crippen LogP contribution in [0.3, 0.4) is 0 Å². The minimum atomic E-state index is 0.587. The third-order valence-electron chi connectivity index (χ3n) is 5.47. The molecule has 128 valence electrons. The third kappa shape index (κ3) is 4.83. The first-order valence-corrected chi connectivity index (χ1v) is 9.81. The van der Waals surface area contributed by atoms with Gasteiger partial charge in [-0.15, -0.1) is 0 Å². The molecule has 0 unspecified atom stereocenters. The first-order valence-electron chi connectivity index (χ1n) is 9.44. The summed E-state index contributed by atoms with van der Waals surface area (Å²) in [5, 5.41) is 0.587. The zero-order valence-electron chi connectivity index (χ0n) is 14.7. The second-order valence-electron chi connectivity index (χ2n) is 7.24. The number of benzene rings is 1. The Morgan fingerprint density at radius 3 is 2.25 bits per heavy atom. The van der Waals surface area contributed by atoms with Gasteiger partial charge >= 0.3 is 0 Å². The summed E-state index contributed by atoms with van der Waals surface area (Å²) in [7, 11) is 0. The van der Waals surface area contributed by atoms with Crippen LogP contribution >= 0.6 is 11.6 Å². The van der Waals surface area contributed by atoms with Gasteiger partial charge in [-0.2, -0.15) is 0 Å². The Hall–Kier alpha value is -1.34. The summed E-state index contributed by atoms with van der Waals surface area (Å²) in [6.45, 7) is 2.25. The van der Waals surface area contributed by atoms with Crippen LogP contribution in [-0.2, 0) is 12.8 Å². The Bertz CT molecular complexity index is 609. The van der Waals surface area contributed by atoms with E-state index in [-0.39, 0.29) is 0 Å². The van der Waals surface area contributed by atoms with Crippen LogP contribution in [0.15, 0.2) is 42.6 Å². The van der Waals surface area contributed by atoms with Gasteiger partial charge in [0, 0.05) is 6.20 Å². The molecule has 1 aromatic carbocycles. The molecule has 2 heteroatoms. The molecule has 1 nitrogen and oxygen atoms in total. The first-order chi connectivity index (χ1) is 11.7. The highest BCUT2D eigenvalue weighted by Gasteiger charge is 2.22. The third-order valence-corrected chi connectivity index (χ3v) is 5.69. The van der Waals surface area contributed by atoms with Gasteiger partial charge in [-0.25, -0.2) is 4.98 Å². The van der Waals surface area contributed by atoms with E-state index >= 15 is 0 Å². The number of nitrogens with zero attached hydrogens (tertiary/aromatic N) is 1. The summed E-state index contributed by atoms with van der Waals surface area (Å²) >= 11 is 5.85. The Balaban J connectivity index is 1.45. The number of rotatable bonds is 6. The van der Waals surface area contributed by atoms with Crippen LogP contribution in [0.25, 0.3) is 0 Å². The molecule has 1 aliphatic carbocycles. The monoisotopic (exact) mass is 341 g/mol. The zero-order valence-corrected chi connectivity index (χ0v) is 15.4. The number of halogens is 1. The molecule has 0 radical (unpaired) electrons. The highest BCUT2D eigenvalue weighted by molar-refractivity contribution is 6.29. The lowest BCUT2D eigenvalue weighted by atomic mass is 9.77. The smallest absolute Gasteiger partial charge is 0.129 e. The molecule has 1 saturated carbocycles. The van der Waals surface area contributed by atoms with Crippen molar-refractivity contribution in [3.8, 4) is 0 Å². The van der Waals surface area contributed by atoms with Crippen LogP contribution in [-0.4, -0.2) is 4.98 Å². The molecule has 1 aliphatic rings. The molecular formula is C22H28ClN. The van der Waals surface area contributed by atoms with Crippen LogP contribution in [0.5, 0.6) is 0 Å². The average Bonchev–Trinajstić information content (AvgIpc) is 2.63. The maximum absolute atomic E-state index is 5.85. The van der Waals surface area contributed by atoms with Crippen LogP contribution in [0.4, 0.5) is 0 Å². The molecule has 0 N–H and O–H groups in total. The fourth-order valence-electron chi connectivity index (χ4n) is 3.95. The lowest BCUT2D eigenvalue weighted by Crippen LogP contribution is -2.14. The van der Waals surface area contributed by atoms with Crippen molar-refractivity contribution in [2.45, 2.75) is 64.2 Å². The topological polar surface area (TPSA) is 12.9 Å². The van der Waals surface area contributed by atoms with E-state index in [2.05, 4.69) is 42.2 Å². The first kappa shape index (κ1) is 17.5. The van der Waals surface area contributed by atoms with Gasteiger partial charge in [0.25, 0.3) is 0 Å². The summed E-state index contributed by atoms with van der Waals surface area (Å²) < 4.78 is 0. The van der Waals surface area contributed by atoms with Crippen molar-refractivity contribution < 1.29 is 0 Å². The van der Waals surface area contributed by atoms with Crippen molar-refractivity contribution in [3.63, 3.8) is 0 Å². The van der Waals surface area contributed by atoms with E-state index in [0.717, 1.165) is 18.3 Å². The molecule has 2 aromatic rings. The molecule has 1 aromatic heterocycles. The molecule has 24 heavy (non-hydrogen) atoms. The normalized spacial score (nSPS) is 20.9. The molecular weight excluding hydrogens is 314 g/mol. The van der Waals surface area contributed by atoms with E-state index < -0.39 is 0 Å². The van der Waals surface area contributed by atoms with Crippen molar-refractivity contribution in [1.82, 2.24) is 4.98 Å². The Kier molecular flexibility index (Phi) is 6.31. The summed E-state index contributed by atoms with van der Waals surface area (Å²) in [5.41, 5.74) is 4.34. The van der Waals surface area contributed by atoms with Crippen molar-refractivity contribution in [2.24, 2.45) is 5.92 Å². The van der Waals surface area contributed by atoms with E-state index in [9.17, 15) is 0 Å². The maximum Gasteiger partial charge on any atom is 0.129 e. The Morgan fingerprint density at radius 2 is 1.62 bits per heavy atom. The van der Waals surface area contributed by atoms with Crippen molar-refractivity contribution in [1.29, 1.82) is 0 Å². The standard InChI is InChI=1S/C22H28ClN/c1-2-3-17-6-11-20(12-7-17)21-13-8-18(9-14-21)4-5-19-10-15-22(23)24-16-19/h6-7,10-12,15-16,18,21H,2-5,8-9,13-14H2,1H3/t18-,21-. The van der Waals surface area contributed by atoms with Gasteiger partial charge in [0.1, 0.15) is 5.15 Å². The minimum Gasteiger partial charge on any atom is -0.244 e. The molecule has 0 aliphatic heterocycles. The van der Waals surface area contributed by atoms with E-state index in [1.54, 1.807) is 5.56 Å². The number of aryl methyl sites for hydroxylation is 2. The van der Waals surface area contributed by atoms with E-state index in [1.807, 2.05) is 12.3 Å². The molecule has 1 fully saturated rings. The predicted molar refractivity (Wildman–Crippen MR) is 103 cm³/mol. The van der Waals surface area contributed by atoms with E-state index in [4.69, 9.17) is 11.6 Å². The quantitative estimate of drug-likeness (QED) is 0.540. The van der Waals surface area contributed by atoms with Crippen LogP contribution in [0.2, 0.25) is 5.15 Å². The predicted octanol–water partition coefficient (Wildman–Crippen LogP) is 6.59. The fourth-order valence-corrected chi connectivity index (χ4v) is 4.07. The SMILES string of the molecule is CCCc1ccc([C@H]2CC[C@H](CCc3ccc(Cl)nc3)CC2)cc1. The molecule has 0 atom stereocenters. The maximum atomic E-state index is 5.85. The lowest BCUT2D eigenvalue weighted by molar-refractivity contribution is 0.310.